The molecule has 2 heterocycles. The van der Waals surface area contributed by atoms with Gasteiger partial charge in [0.2, 0.25) is 0 Å². The number of sulfonamides is 1. The highest BCUT2D eigenvalue weighted by atomic mass is 32.2. The molecule has 1 aromatic heterocycles. The van der Waals surface area contributed by atoms with E-state index in [4.69, 9.17) is 4.74 Å². The van der Waals surface area contributed by atoms with Crippen LogP contribution in [0.25, 0.3) is 0 Å². The molecule has 0 saturated carbocycles. The summed E-state index contributed by atoms with van der Waals surface area (Å²) in [4.78, 5) is 0.244. The first-order valence-corrected chi connectivity index (χ1v) is 8.76. The van der Waals surface area contributed by atoms with Gasteiger partial charge in [-0.1, -0.05) is 18.2 Å². The van der Waals surface area contributed by atoms with Gasteiger partial charge in [0.1, 0.15) is 0 Å². The lowest BCUT2D eigenvalue weighted by Gasteiger charge is -2.23. The van der Waals surface area contributed by atoms with E-state index in [0.717, 1.165) is 31.7 Å². The average Bonchev–Trinajstić information content (AvgIpc) is 2.89. The Hall–Kier alpha value is -1.86. The topological polar surface area (TPSA) is 73.2 Å². The van der Waals surface area contributed by atoms with Crippen molar-refractivity contribution in [2.24, 2.45) is 0 Å². The SMILES string of the molecule is Cc1c(NS(=O)(=O)c2ccccc2)cnn1C1CCOCC1. The van der Waals surface area contributed by atoms with Crippen molar-refractivity contribution in [2.75, 3.05) is 17.9 Å². The van der Waals surface area contributed by atoms with Crippen molar-refractivity contribution in [3.8, 4) is 0 Å². The molecular weight excluding hydrogens is 302 g/mol. The van der Waals surface area contributed by atoms with Gasteiger partial charge < -0.3 is 4.74 Å². The molecule has 2 aromatic rings. The lowest BCUT2D eigenvalue weighted by atomic mass is 10.1. The Morgan fingerprint density at radius 1 is 1.23 bits per heavy atom. The number of nitrogens with zero attached hydrogens (tertiary/aromatic N) is 2. The maximum atomic E-state index is 12.4. The Morgan fingerprint density at radius 3 is 2.59 bits per heavy atom. The number of anilines is 1. The number of rotatable bonds is 4. The minimum atomic E-state index is -3.58. The molecule has 118 valence electrons. The van der Waals surface area contributed by atoms with Gasteiger partial charge in [-0.3, -0.25) is 9.40 Å². The van der Waals surface area contributed by atoms with Crippen LogP contribution in [-0.4, -0.2) is 31.4 Å². The summed E-state index contributed by atoms with van der Waals surface area (Å²) in [5, 5.41) is 4.35. The first kappa shape index (κ1) is 15.1. The highest BCUT2D eigenvalue weighted by Crippen LogP contribution is 2.26. The molecule has 1 aliphatic rings. The number of nitrogens with one attached hydrogen (secondary N) is 1. The van der Waals surface area contributed by atoms with E-state index in [0.29, 0.717) is 5.69 Å². The molecule has 22 heavy (non-hydrogen) atoms. The van der Waals surface area contributed by atoms with Gasteiger partial charge in [-0.05, 0) is 31.9 Å². The Labute approximate surface area is 130 Å². The molecule has 0 atom stereocenters. The fourth-order valence-corrected chi connectivity index (χ4v) is 3.75. The normalized spacial score (nSPS) is 16.6. The molecule has 1 saturated heterocycles. The second-order valence-corrected chi connectivity index (χ2v) is 7.03. The van der Waals surface area contributed by atoms with E-state index in [-0.39, 0.29) is 10.9 Å². The van der Waals surface area contributed by atoms with Gasteiger partial charge >= 0.3 is 0 Å². The number of hydrogen-bond donors (Lipinski definition) is 1. The van der Waals surface area contributed by atoms with Crippen molar-refractivity contribution >= 4 is 15.7 Å². The predicted octanol–water partition coefficient (Wildman–Crippen LogP) is 2.34. The van der Waals surface area contributed by atoms with Crippen LogP contribution in [0.3, 0.4) is 0 Å². The Bertz CT molecular complexity index is 735. The van der Waals surface area contributed by atoms with E-state index in [1.165, 1.54) is 0 Å². The second kappa shape index (κ2) is 6.10. The summed E-state index contributed by atoms with van der Waals surface area (Å²) in [5.41, 5.74) is 1.35. The molecule has 0 radical (unpaired) electrons. The largest absolute Gasteiger partial charge is 0.381 e. The van der Waals surface area contributed by atoms with Crippen molar-refractivity contribution in [2.45, 2.75) is 30.7 Å². The summed E-state index contributed by atoms with van der Waals surface area (Å²) >= 11 is 0. The minimum absolute atomic E-state index is 0.244. The number of hydrogen-bond acceptors (Lipinski definition) is 4. The molecule has 0 amide bonds. The van der Waals surface area contributed by atoms with Gasteiger partial charge in [-0.2, -0.15) is 5.10 Å². The highest BCUT2D eigenvalue weighted by Gasteiger charge is 2.22. The second-order valence-electron chi connectivity index (χ2n) is 5.35. The third-order valence-electron chi connectivity index (χ3n) is 3.88. The molecule has 1 aliphatic heterocycles. The van der Waals surface area contributed by atoms with Crippen LogP contribution >= 0.6 is 0 Å². The minimum Gasteiger partial charge on any atom is -0.381 e. The van der Waals surface area contributed by atoms with Crippen molar-refractivity contribution in [3.05, 3.63) is 42.2 Å². The fourth-order valence-electron chi connectivity index (χ4n) is 2.62. The number of aromatic nitrogens is 2. The number of ether oxygens (including phenoxy) is 1. The van der Waals surface area contributed by atoms with Crippen molar-refractivity contribution in [1.82, 2.24) is 9.78 Å². The third kappa shape index (κ3) is 3.00. The Kier molecular flexibility index (Phi) is 4.17. The zero-order valence-electron chi connectivity index (χ0n) is 12.4. The van der Waals surface area contributed by atoms with Crippen LogP contribution < -0.4 is 4.72 Å². The van der Waals surface area contributed by atoms with E-state index in [9.17, 15) is 8.42 Å². The van der Waals surface area contributed by atoms with E-state index >= 15 is 0 Å². The van der Waals surface area contributed by atoms with Crippen LogP contribution in [-0.2, 0) is 14.8 Å². The zero-order chi connectivity index (χ0) is 15.6. The fraction of sp³-hybridized carbons (Fsp3) is 0.400. The number of benzene rings is 1. The standard InChI is InChI=1S/C15H19N3O3S/c1-12-15(11-16-18(12)13-7-9-21-10-8-13)17-22(19,20)14-5-3-2-4-6-14/h2-6,11,13,17H,7-10H2,1H3. The molecule has 0 unspecified atom stereocenters. The van der Waals surface area contributed by atoms with Gasteiger partial charge in [0.15, 0.2) is 0 Å². The zero-order valence-corrected chi connectivity index (χ0v) is 13.2. The predicted molar refractivity (Wildman–Crippen MR) is 83.3 cm³/mol. The molecule has 1 N–H and O–H groups in total. The lowest BCUT2D eigenvalue weighted by Crippen LogP contribution is -2.21. The van der Waals surface area contributed by atoms with Gasteiger partial charge in [0, 0.05) is 13.2 Å². The summed E-state index contributed by atoms with van der Waals surface area (Å²) in [6.07, 6.45) is 3.37. The molecule has 0 aliphatic carbocycles. The van der Waals surface area contributed by atoms with Crippen molar-refractivity contribution < 1.29 is 13.2 Å². The molecule has 3 rings (SSSR count). The Morgan fingerprint density at radius 2 is 1.91 bits per heavy atom. The van der Waals surface area contributed by atoms with Crippen molar-refractivity contribution in [1.29, 1.82) is 0 Å². The van der Waals surface area contributed by atoms with Crippen molar-refractivity contribution in [3.63, 3.8) is 0 Å². The molecule has 1 fully saturated rings. The quantitative estimate of drug-likeness (QED) is 0.938. The first-order chi connectivity index (χ1) is 10.6. The summed E-state index contributed by atoms with van der Waals surface area (Å²) in [6.45, 7) is 3.31. The van der Waals surface area contributed by atoms with Crippen LogP contribution in [0.5, 0.6) is 0 Å². The lowest BCUT2D eigenvalue weighted by molar-refractivity contribution is 0.0657. The molecule has 1 aromatic carbocycles. The molecule has 7 heteroatoms. The first-order valence-electron chi connectivity index (χ1n) is 7.27. The van der Waals surface area contributed by atoms with Crippen LogP contribution in [0.4, 0.5) is 5.69 Å². The average molecular weight is 321 g/mol. The maximum absolute atomic E-state index is 12.4. The van der Waals surface area contributed by atoms with Crippen LogP contribution in [0.1, 0.15) is 24.6 Å². The van der Waals surface area contributed by atoms with Gasteiger partial charge in [0.05, 0.1) is 28.5 Å². The van der Waals surface area contributed by atoms with Gasteiger partial charge in [-0.25, -0.2) is 8.42 Å². The summed E-state index contributed by atoms with van der Waals surface area (Å²) < 4.78 is 34.6. The molecule has 6 nitrogen and oxygen atoms in total. The summed E-state index contributed by atoms with van der Waals surface area (Å²) in [5.74, 6) is 0. The monoisotopic (exact) mass is 321 g/mol. The summed E-state index contributed by atoms with van der Waals surface area (Å²) in [6, 6.07) is 8.60. The highest BCUT2D eigenvalue weighted by molar-refractivity contribution is 7.92. The van der Waals surface area contributed by atoms with Gasteiger partial charge in [0.25, 0.3) is 10.0 Å². The van der Waals surface area contributed by atoms with E-state index < -0.39 is 10.0 Å². The molecule has 0 spiro atoms. The van der Waals surface area contributed by atoms with E-state index in [1.807, 2.05) is 11.6 Å². The van der Waals surface area contributed by atoms with Crippen LogP contribution in [0.15, 0.2) is 41.4 Å². The maximum Gasteiger partial charge on any atom is 0.262 e. The third-order valence-corrected chi connectivity index (χ3v) is 5.26. The van der Waals surface area contributed by atoms with Gasteiger partial charge in [-0.15, -0.1) is 0 Å². The smallest absolute Gasteiger partial charge is 0.262 e. The van der Waals surface area contributed by atoms with Crippen LogP contribution in [0, 0.1) is 6.92 Å². The van der Waals surface area contributed by atoms with E-state index in [2.05, 4.69) is 9.82 Å². The van der Waals surface area contributed by atoms with E-state index in [1.54, 1.807) is 36.5 Å². The Balaban J connectivity index is 1.83. The summed E-state index contributed by atoms with van der Waals surface area (Å²) in [7, 11) is -3.58. The van der Waals surface area contributed by atoms with Crippen LogP contribution in [0.2, 0.25) is 0 Å². The molecule has 0 bridgehead atoms. The molecular formula is C15H19N3O3S.